The fourth-order valence-electron chi connectivity index (χ4n) is 1.71. The van der Waals surface area contributed by atoms with Gasteiger partial charge in [0.1, 0.15) is 11.5 Å². The predicted octanol–water partition coefficient (Wildman–Crippen LogP) is 3.54. The van der Waals surface area contributed by atoms with E-state index in [0.717, 1.165) is 11.9 Å². The van der Waals surface area contributed by atoms with Gasteiger partial charge >= 0.3 is 0 Å². The van der Waals surface area contributed by atoms with Gasteiger partial charge in [-0.1, -0.05) is 22.8 Å². The first kappa shape index (κ1) is 13.5. The molecule has 3 rings (SSSR count). The number of nitrogens with zero attached hydrogens (tertiary/aromatic N) is 3. The van der Waals surface area contributed by atoms with Crippen LogP contribution in [0.2, 0.25) is 5.02 Å². The van der Waals surface area contributed by atoms with Crippen LogP contribution in [0, 0.1) is 5.82 Å². The molecule has 0 fully saturated rings. The van der Waals surface area contributed by atoms with E-state index in [1.54, 1.807) is 12.1 Å². The number of benzene rings is 1. The first-order valence-corrected chi connectivity index (χ1v) is 6.52. The van der Waals surface area contributed by atoms with E-state index in [4.69, 9.17) is 16.1 Å². The summed E-state index contributed by atoms with van der Waals surface area (Å²) in [4.78, 5) is 8.08. The highest BCUT2D eigenvalue weighted by Gasteiger charge is 2.09. The van der Waals surface area contributed by atoms with Crippen LogP contribution >= 0.6 is 11.6 Å². The summed E-state index contributed by atoms with van der Waals surface area (Å²) in [6, 6.07) is 10.1. The molecule has 0 saturated heterocycles. The van der Waals surface area contributed by atoms with Gasteiger partial charge in [-0.2, -0.15) is 4.98 Å². The number of pyridine rings is 1. The molecule has 1 N–H and O–H groups in total. The largest absolute Gasteiger partial charge is 0.376 e. The highest BCUT2D eigenvalue weighted by molar-refractivity contribution is 6.30. The van der Waals surface area contributed by atoms with Crippen molar-refractivity contribution in [3.05, 3.63) is 59.3 Å². The Morgan fingerprint density at radius 3 is 2.90 bits per heavy atom. The van der Waals surface area contributed by atoms with E-state index in [2.05, 4.69) is 20.4 Å². The van der Waals surface area contributed by atoms with Crippen molar-refractivity contribution in [2.24, 2.45) is 0 Å². The predicted molar refractivity (Wildman–Crippen MR) is 76.3 cm³/mol. The average Bonchev–Trinajstić information content (AvgIpc) is 2.95. The number of hydrogen-bond donors (Lipinski definition) is 1. The first-order valence-electron chi connectivity index (χ1n) is 6.15. The van der Waals surface area contributed by atoms with Crippen molar-refractivity contribution in [1.29, 1.82) is 0 Å². The highest BCUT2D eigenvalue weighted by Crippen LogP contribution is 2.17. The average molecular weight is 305 g/mol. The highest BCUT2D eigenvalue weighted by atomic mass is 35.5. The molecule has 0 radical (unpaired) electrons. The Hall–Kier alpha value is -2.47. The second-order valence-electron chi connectivity index (χ2n) is 4.24. The van der Waals surface area contributed by atoms with Gasteiger partial charge in [0.05, 0.1) is 12.7 Å². The summed E-state index contributed by atoms with van der Waals surface area (Å²) in [7, 11) is 0. The molecule has 0 aliphatic rings. The van der Waals surface area contributed by atoms with Crippen molar-refractivity contribution < 1.29 is 8.91 Å². The summed E-state index contributed by atoms with van der Waals surface area (Å²) in [5, 5.41) is 7.56. The number of anilines is 1. The quantitative estimate of drug-likeness (QED) is 0.798. The summed E-state index contributed by atoms with van der Waals surface area (Å²) in [6.07, 6.45) is 1.11. The molecule has 1 aromatic carbocycles. The molecule has 7 heteroatoms. The lowest BCUT2D eigenvalue weighted by Gasteiger charge is -2.02. The zero-order chi connectivity index (χ0) is 14.7. The first-order chi connectivity index (χ1) is 10.2. The standard InChI is InChI=1S/C14H10ClFN4O/c15-9-2-1-3-11(6-9)17-8-13-19-14(20-21-13)12-5-4-10(16)7-18-12/h1-7,17H,8H2. The number of hydrogen-bond acceptors (Lipinski definition) is 5. The zero-order valence-electron chi connectivity index (χ0n) is 10.8. The van der Waals surface area contributed by atoms with Crippen LogP contribution in [-0.2, 0) is 6.54 Å². The molecule has 0 saturated carbocycles. The minimum atomic E-state index is -0.412. The summed E-state index contributed by atoms with van der Waals surface area (Å²) in [6.45, 7) is 0.356. The second-order valence-corrected chi connectivity index (χ2v) is 4.67. The maximum absolute atomic E-state index is 12.8. The van der Waals surface area contributed by atoms with E-state index >= 15 is 0 Å². The van der Waals surface area contributed by atoms with Crippen molar-refractivity contribution in [1.82, 2.24) is 15.1 Å². The van der Waals surface area contributed by atoms with Gasteiger partial charge in [0.25, 0.3) is 0 Å². The molecule has 3 aromatic rings. The molecule has 106 valence electrons. The van der Waals surface area contributed by atoms with Gasteiger partial charge in [-0.25, -0.2) is 9.37 Å². The number of halogens is 2. The van der Waals surface area contributed by atoms with E-state index in [0.29, 0.717) is 29.0 Å². The van der Waals surface area contributed by atoms with Gasteiger partial charge in [-0.3, -0.25) is 0 Å². The number of nitrogens with one attached hydrogen (secondary N) is 1. The molecule has 0 bridgehead atoms. The van der Waals surface area contributed by atoms with Crippen LogP contribution in [0.15, 0.2) is 47.1 Å². The van der Waals surface area contributed by atoms with Gasteiger partial charge < -0.3 is 9.84 Å². The van der Waals surface area contributed by atoms with E-state index < -0.39 is 5.82 Å². The molecule has 21 heavy (non-hydrogen) atoms. The third kappa shape index (κ3) is 3.35. The fourth-order valence-corrected chi connectivity index (χ4v) is 1.91. The van der Waals surface area contributed by atoms with E-state index in [1.807, 2.05) is 12.1 Å². The lowest BCUT2D eigenvalue weighted by atomic mass is 10.3. The Bertz CT molecular complexity index is 745. The molecule has 0 aliphatic heterocycles. The van der Waals surface area contributed by atoms with Crippen molar-refractivity contribution >= 4 is 17.3 Å². The second kappa shape index (κ2) is 5.88. The monoisotopic (exact) mass is 304 g/mol. The Labute approximate surface area is 124 Å². The van der Waals surface area contributed by atoms with Gasteiger partial charge in [0.2, 0.25) is 11.7 Å². The SMILES string of the molecule is Fc1ccc(-c2noc(CNc3cccc(Cl)c3)n2)nc1. The maximum atomic E-state index is 12.8. The third-order valence-corrected chi connectivity index (χ3v) is 2.93. The molecule has 5 nitrogen and oxygen atoms in total. The van der Waals surface area contributed by atoms with Crippen molar-refractivity contribution in [2.75, 3.05) is 5.32 Å². The van der Waals surface area contributed by atoms with Crippen molar-refractivity contribution in [3.63, 3.8) is 0 Å². The minimum Gasteiger partial charge on any atom is -0.376 e. The number of rotatable bonds is 4. The van der Waals surface area contributed by atoms with Gasteiger partial charge in [0.15, 0.2) is 0 Å². The molecule has 2 aromatic heterocycles. The Kier molecular flexibility index (Phi) is 3.79. The molecule has 0 aliphatic carbocycles. The van der Waals surface area contributed by atoms with Gasteiger partial charge in [0, 0.05) is 10.7 Å². The lowest BCUT2D eigenvalue weighted by Crippen LogP contribution is -1.99. The van der Waals surface area contributed by atoms with Crippen LogP contribution in [0.5, 0.6) is 0 Å². The molecule has 0 amide bonds. The molecular formula is C14H10ClFN4O. The third-order valence-electron chi connectivity index (χ3n) is 2.69. The topological polar surface area (TPSA) is 63.8 Å². The molecule has 2 heterocycles. The van der Waals surface area contributed by atoms with Crippen LogP contribution in [-0.4, -0.2) is 15.1 Å². The van der Waals surface area contributed by atoms with Crippen LogP contribution in [0.1, 0.15) is 5.89 Å². The van der Waals surface area contributed by atoms with E-state index in [-0.39, 0.29) is 0 Å². The van der Waals surface area contributed by atoms with Crippen LogP contribution < -0.4 is 5.32 Å². The minimum absolute atomic E-state index is 0.317. The summed E-state index contributed by atoms with van der Waals surface area (Å²) in [5.41, 5.74) is 1.30. The molecule has 0 unspecified atom stereocenters. The van der Waals surface area contributed by atoms with Crippen molar-refractivity contribution in [3.8, 4) is 11.5 Å². The summed E-state index contributed by atoms with van der Waals surface area (Å²) >= 11 is 5.89. The molecule has 0 spiro atoms. The van der Waals surface area contributed by atoms with Gasteiger partial charge in [-0.05, 0) is 30.3 Å². The van der Waals surface area contributed by atoms with E-state index in [1.165, 1.54) is 12.1 Å². The van der Waals surface area contributed by atoms with Crippen LogP contribution in [0.25, 0.3) is 11.5 Å². The molecule has 0 atom stereocenters. The van der Waals surface area contributed by atoms with E-state index in [9.17, 15) is 4.39 Å². The Balaban J connectivity index is 1.69. The Morgan fingerprint density at radius 2 is 2.14 bits per heavy atom. The normalized spacial score (nSPS) is 10.6. The van der Waals surface area contributed by atoms with Gasteiger partial charge in [-0.15, -0.1) is 0 Å². The number of aromatic nitrogens is 3. The lowest BCUT2D eigenvalue weighted by molar-refractivity contribution is 0.384. The van der Waals surface area contributed by atoms with Crippen molar-refractivity contribution in [2.45, 2.75) is 6.54 Å². The molecular weight excluding hydrogens is 295 g/mol. The summed E-state index contributed by atoms with van der Waals surface area (Å²) < 4.78 is 17.9. The smallest absolute Gasteiger partial charge is 0.246 e. The fraction of sp³-hybridized carbons (Fsp3) is 0.0714. The maximum Gasteiger partial charge on any atom is 0.246 e. The summed E-state index contributed by atoms with van der Waals surface area (Å²) in [5.74, 6) is 0.305. The zero-order valence-corrected chi connectivity index (χ0v) is 11.5. The van der Waals surface area contributed by atoms with Crippen LogP contribution in [0.3, 0.4) is 0 Å². The Morgan fingerprint density at radius 1 is 1.24 bits per heavy atom. The van der Waals surface area contributed by atoms with Crippen LogP contribution in [0.4, 0.5) is 10.1 Å².